The van der Waals surface area contributed by atoms with E-state index in [4.69, 9.17) is 4.74 Å². The molecule has 9 heteroatoms. The van der Waals surface area contributed by atoms with Crippen molar-refractivity contribution < 1.29 is 14.5 Å². The van der Waals surface area contributed by atoms with Crippen molar-refractivity contribution in [1.29, 1.82) is 0 Å². The van der Waals surface area contributed by atoms with Crippen LogP contribution >= 0.6 is 0 Å². The number of aromatic nitrogens is 2. The van der Waals surface area contributed by atoms with Crippen LogP contribution in [0.25, 0.3) is 0 Å². The molecular weight excluding hydrogens is 422 g/mol. The molecule has 1 aliphatic heterocycles. The van der Waals surface area contributed by atoms with Gasteiger partial charge in [0.2, 0.25) is 0 Å². The number of hydrogen-bond donors (Lipinski definition) is 0. The molecule has 3 heterocycles. The maximum absolute atomic E-state index is 13.1. The first-order valence-corrected chi connectivity index (χ1v) is 10.3. The van der Waals surface area contributed by atoms with Crippen molar-refractivity contribution in [3.8, 4) is 17.6 Å². The fraction of sp³-hybridized carbons (Fsp3) is 0.208. The summed E-state index contributed by atoms with van der Waals surface area (Å²) in [5, 5.41) is 10.8. The molecule has 0 atom stereocenters. The van der Waals surface area contributed by atoms with Gasteiger partial charge in [0.25, 0.3) is 11.6 Å². The Hall–Kier alpha value is -4.45. The van der Waals surface area contributed by atoms with E-state index in [-0.39, 0.29) is 11.6 Å². The fourth-order valence-electron chi connectivity index (χ4n) is 3.50. The second-order valence-corrected chi connectivity index (χ2v) is 7.29. The second-order valence-electron chi connectivity index (χ2n) is 7.29. The van der Waals surface area contributed by atoms with E-state index in [1.165, 1.54) is 12.3 Å². The minimum atomic E-state index is -0.475. The first-order chi connectivity index (χ1) is 16.0. The van der Waals surface area contributed by atoms with Crippen molar-refractivity contribution >= 4 is 17.4 Å². The number of nitro groups is 1. The molecular formula is C24H21N5O4. The van der Waals surface area contributed by atoms with Crippen molar-refractivity contribution in [2.45, 2.75) is 0 Å². The van der Waals surface area contributed by atoms with E-state index in [0.29, 0.717) is 54.6 Å². The number of anilines is 1. The average Bonchev–Trinajstić information content (AvgIpc) is 2.87. The summed E-state index contributed by atoms with van der Waals surface area (Å²) in [4.78, 5) is 35.6. The van der Waals surface area contributed by atoms with Crippen molar-refractivity contribution in [2.75, 3.05) is 38.2 Å². The van der Waals surface area contributed by atoms with Gasteiger partial charge in [-0.05, 0) is 42.3 Å². The minimum Gasteiger partial charge on any atom is -0.495 e. The molecule has 2 aromatic heterocycles. The zero-order valence-corrected chi connectivity index (χ0v) is 18.0. The van der Waals surface area contributed by atoms with Gasteiger partial charge in [0.15, 0.2) is 0 Å². The lowest BCUT2D eigenvalue weighted by molar-refractivity contribution is -0.385. The summed E-state index contributed by atoms with van der Waals surface area (Å²) in [6.07, 6.45) is 2.92. The summed E-state index contributed by atoms with van der Waals surface area (Å²) in [5.74, 6) is 7.20. The SMILES string of the molecule is COc1ccc(C(=O)N2CCN(c3ccc([N+](=O)[O-])cn3)CC2)cc1C#Cc1ccccn1. The van der Waals surface area contributed by atoms with Crippen LogP contribution in [0.15, 0.2) is 60.9 Å². The number of ether oxygens (including phenoxy) is 1. The maximum atomic E-state index is 13.1. The van der Waals surface area contributed by atoms with Crippen LogP contribution in [0.1, 0.15) is 21.6 Å². The predicted molar refractivity (Wildman–Crippen MR) is 122 cm³/mol. The molecule has 0 N–H and O–H groups in total. The average molecular weight is 443 g/mol. The van der Waals surface area contributed by atoms with Crippen LogP contribution in [-0.2, 0) is 0 Å². The highest BCUT2D eigenvalue weighted by Gasteiger charge is 2.24. The molecule has 1 fully saturated rings. The Kier molecular flexibility index (Phi) is 6.45. The first-order valence-electron chi connectivity index (χ1n) is 10.3. The summed E-state index contributed by atoms with van der Waals surface area (Å²) in [5.41, 5.74) is 1.73. The highest BCUT2D eigenvalue weighted by molar-refractivity contribution is 5.95. The number of rotatable bonds is 4. The first kappa shape index (κ1) is 21.8. The summed E-state index contributed by atoms with van der Waals surface area (Å²) in [6.45, 7) is 2.19. The van der Waals surface area contributed by atoms with E-state index < -0.39 is 4.92 Å². The molecule has 33 heavy (non-hydrogen) atoms. The summed E-state index contributed by atoms with van der Waals surface area (Å²) >= 11 is 0. The monoisotopic (exact) mass is 443 g/mol. The molecule has 1 amide bonds. The number of benzene rings is 1. The van der Waals surface area contributed by atoms with E-state index in [9.17, 15) is 14.9 Å². The van der Waals surface area contributed by atoms with Gasteiger partial charge in [0, 0.05) is 44.0 Å². The molecule has 1 aliphatic rings. The third-order valence-electron chi connectivity index (χ3n) is 5.27. The molecule has 3 aromatic rings. The van der Waals surface area contributed by atoms with Gasteiger partial charge in [0.05, 0.1) is 17.6 Å². The summed E-state index contributed by atoms with van der Waals surface area (Å²) < 4.78 is 5.40. The van der Waals surface area contributed by atoms with E-state index in [2.05, 4.69) is 21.8 Å². The van der Waals surface area contributed by atoms with Crippen LogP contribution in [0.5, 0.6) is 5.75 Å². The van der Waals surface area contributed by atoms with Crippen LogP contribution in [0.4, 0.5) is 11.5 Å². The maximum Gasteiger partial charge on any atom is 0.287 e. The summed E-state index contributed by atoms with van der Waals surface area (Å²) in [7, 11) is 1.56. The Morgan fingerprint density at radius 3 is 2.52 bits per heavy atom. The van der Waals surface area contributed by atoms with E-state index in [1.54, 1.807) is 42.5 Å². The quantitative estimate of drug-likeness (QED) is 0.347. The molecule has 0 unspecified atom stereocenters. The molecule has 1 aromatic carbocycles. The molecule has 9 nitrogen and oxygen atoms in total. The molecule has 0 saturated carbocycles. The molecule has 0 bridgehead atoms. The van der Waals surface area contributed by atoms with Crippen molar-refractivity contribution in [3.63, 3.8) is 0 Å². The lowest BCUT2D eigenvalue weighted by Gasteiger charge is -2.35. The van der Waals surface area contributed by atoms with Crippen molar-refractivity contribution in [3.05, 3.63) is 87.9 Å². The van der Waals surface area contributed by atoms with Gasteiger partial charge >= 0.3 is 0 Å². The lowest BCUT2D eigenvalue weighted by Crippen LogP contribution is -2.49. The third kappa shape index (κ3) is 5.07. The van der Waals surface area contributed by atoms with E-state index in [1.807, 2.05) is 23.1 Å². The minimum absolute atomic E-state index is 0.0472. The number of pyridine rings is 2. The Morgan fingerprint density at radius 2 is 1.88 bits per heavy atom. The number of nitrogens with zero attached hydrogens (tertiary/aromatic N) is 5. The highest BCUT2D eigenvalue weighted by atomic mass is 16.6. The molecule has 4 rings (SSSR count). The third-order valence-corrected chi connectivity index (χ3v) is 5.27. The number of hydrogen-bond acceptors (Lipinski definition) is 7. The Labute approximate surface area is 190 Å². The zero-order chi connectivity index (χ0) is 23.2. The second kappa shape index (κ2) is 9.78. The van der Waals surface area contributed by atoms with Crippen LogP contribution in [-0.4, -0.2) is 59.0 Å². The zero-order valence-electron chi connectivity index (χ0n) is 18.0. The predicted octanol–water partition coefficient (Wildman–Crippen LogP) is 2.76. The van der Waals surface area contributed by atoms with Crippen LogP contribution in [0.2, 0.25) is 0 Å². The molecule has 0 spiro atoms. The number of piperazine rings is 1. The molecule has 1 saturated heterocycles. The molecule has 166 valence electrons. The van der Waals surface area contributed by atoms with Crippen molar-refractivity contribution in [2.24, 2.45) is 0 Å². The van der Waals surface area contributed by atoms with Gasteiger partial charge in [-0.1, -0.05) is 12.0 Å². The fourth-order valence-corrected chi connectivity index (χ4v) is 3.50. The normalized spacial score (nSPS) is 13.1. The van der Waals surface area contributed by atoms with E-state index in [0.717, 1.165) is 0 Å². The standard InChI is InChI=1S/C24H21N5O4/c1-33-22-9-6-19(16-18(22)5-7-20-4-2-3-11-25-20)24(30)28-14-12-27(13-15-28)23-10-8-21(17-26-23)29(31)32/h2-4,6,8-11,16-17H,12-15H2,1H3. The number of amides is 1. The van der Waals surface area contributed by atoms with Gasteiger partial charge in [-0.25, -0.2) is 9.97 Å². The topological polar surface area (TPSA) is 102 Å². The van der Waals surface area contributed by atoms with Gasteiger partial charge in [-0.15, -0.1) is 0 Å². The Bertz CT molecular complexity index is 1210. The van der Waals surface area contributed by atoms with Gasteiger partial charge in [0.1, 0.15) is 23.5 Å². The molecule has 0 aliphatic carbocycles. The van der Waals surface area contributed by atoms with Gasteiger partial charge in [-0.2, -0.15) is 0 Å². The van der Waals surface area contributed by atoms with Crippen LogP contribution in [0, 0.1) is 22.0 Å². The van der Waals surface area contributed by atoms with Gasteiger partial charge < -0.3 is 14.5 Å². The van der Waals surface area contributed by atoms with Crippen molar-refractivity contribution in [1.82, 2.24) is 14.9 Å². The van der Waals surface area contributed by atoms with Crippen LogP contribution in [0.3, 0.4) is 0 Å². The molecule has 0 radical (unpaired) electrons. The van der Waals surface area contributed by atoms with E-state index >= 15 is 0 Å². The number of carbonyl (C=O) groups is 1. The van der Waals surface area contributed by atoms with Gasteiger partial charge in [-0.3, -0.25) is 14.9 Å². The smallest absolute Gasteiger partial charge is 0.287 e. The number of methoxy groups -OCH3 is 1. The summed E-state index contributed by atoms with van der Waals surface area (Å²) in [6, 6.07) is 13.8. The largest absolute Gasteiger partial charge is 0.495 e. The van der Waals surface area contributed by atoms with Crippen LogP contribution < -0.4 is 9.64 Å². The number of carbonyl (C=O) groups excluding carboxylic acids is 1. The Morgan fingerprint density at radius 1 is 1.06 bits per heavy atom. The highest BCUT2D eigenvalue weighted by Crippen LogP contribution is 2.22. The Balaban J connectivity index is 1.45. The lowest BCUT2D eigenvalue weighted by atomic mass is 10.1.